The molecular formula is C9H15N5O. The second-order valence-corrected chi connectivity index (χ2v) is 3.82. The summed E-state index contributed by atoms with van der Waals surface area (Å²) in [5.74, 6) is 1.02. The molecule has 6 nitrogen and oxygen atoms in total. The van der Waals surface area contributed by atoms with E-state index in [1.807, 2.05) is 0 Å². The van der Waals surface area contributed by atoms with Gasteiger partial charge in [-0.25, -0.2) is 4.98 Å². The van der Waals surface area contributed by atoms with Gasteiger partial charge in [0.1, 0.15) is 5.69 Å². The highest BCUT2D eigenvalue weighted by Gasteiger charge is 2.30. The number of H-pyrrole nitrogens is 1. The highest BCUT2D eigenvalue weighted by molar-refractivity contribution is 5.59. The van der Waals surface area contributed by atoms with Crippen molar-refractivity contribution in [2.45, 2.75) is 18.9 Å². The monoisotopic (exact) mass is 209 g/mol. The number of aromatic amines is 1. The predicted molar refractivity (Wildman–Crippen MR) is 58.5 cm³/mol. The molecule has 2 rings (SSSR count). The highest BCUT2D eigenvalue weighted by Crippen LogP contribution is 2.33. The standard InChI is InChI=1S/C9H15N5O/c10-3-6(5-1-2-5)14-8-7(11)9(15)13-4-12-8/h4-6H,1-3,10-11H2,(H2,12,13,14,15). The molecule has 6 heteroatoms. The van der Waals surface area contributed by atoms with Crippen molar-refractivity contribution >= 4 is 11.5 Å². The van der Waals surface area contributed by atoms with Crippen molar-refractivity contribution in [3.8, 4) is 0 Å². The van der Waals surface area contributed by atoms with Crippen LogP contribution in [0.1, 0.15) is 12.8 Å². The lowest BCUT2D eigenvalue weighted by Gasteiger charge is -2.17. The zero-order valence-corrected chi connectivity index (χ0v) is 8.36. The van der Waals surface area contributed by atoms with Gasteiger partial charge in [-0.2, -0.15) is 0 Å². The average Bonchev–Trinajstić information content (AvgIpc) is 3.04. The fourth-order valence-electron chi connectivity index (χ4n) is 1.57. The molecule has 0 saturated heterocycles. The number of hydrogen-bond acceptors (Lipinski definition) is 5. The van der Waals surface area contributed by atoms with Gasteiger partial charge in [-0.05, 0) is 18.8 Å². The molecule has 1 aliphatic rings. The van der Waals surface area contributed by atoms with Gasteiger partial charge in [0, 0.05) is 12.6 Å². The minimum Gasteiger partial charge on any atom is -0.391 e. The Morgan fingerprint density at radius 2 is 2.40 bits per heavy atom. The largest absolute Gasteiger partial charge is 0.391 e. The fourth-order valence-corrected chi connectivity index (χ4v) is 1.57. The molecule has 0 spiro atoms. The Morgan fingerprint density at radius 1 is 1.67 bits per heavy atom. The quantitative estimate of drug-likeness (QED) is 0.534. The first-order chi connectivity index (χ1) is 7.22. The summed E-state index contributed by atoms with van der Waals surface area (Å²) in [5.41, 5.74) is 11.0. The lowest BCUT2D eigenvalue weighted by atomic mass is 10.2. The van der Waals surface area contributed by atoms with E-state index in [1.54, 1.807) is 0 Å². The third-order valence-electron chi connectivity index (χ3n) is 2.66. The summed E-state index contributed by atoms with van der Waals surface area (Å²) in [5, 5.41) is 3.12. The molecule has 1 saturated carbocycles. The van der Waals surface area contributed by atoms with Gasteiger partial charge in [0.2, 0.25) is 0 Å². The molecule has 1 unspecified atom stereocenters. The molecule has 0 radical (unpaired) electrons. The predicted octanol–water partition coefficient (Wildman–Crippen LogP) is -0.499. The van der Waals surface area contributed by atoms with Gasteiger partial charge in [0.15, 0.2) is 5.82 Å². The average molecular weight is 209 g/mol. The number of rotatable bonds is 4. The number of nitrogens with two attached hydrogens (primary N) is 2. The fraction of sp³-hybridized carbons (Fsp3) is 0.556. The molecule has 0 amide bonds. The molecule has 15 heavy (non-hydrogen) atoms. The van der Waals surface area contributed by atoms with Crippen LogP contribution in [0.15, 0.2) is 11.1 Å². The Bertz CT molecular complexity index is 398. The van der Waals surface area contributed by atoms with Gasteiger partial charge in [0.25, 0.3) is 5.56 Å². The summed E-state index contributed by atoms with van der Waals surface area (Å²) in [6, 6.07) is 0.168. The van der Waals surface area contributed by atoms with E-state index in [1.165, 1.54) is 19.2 Å². The zero-order chi connectivity index (χ0) is 10.8. The summed E-state index contributed by atoms with van der Waals surface area (Å²) in [7, 11) is 0. The maximum Gasteiger partial charge on any atom is 0.276 e. The van der Waals surface area contributed by atoms with Crippen LogP contribution in [0, 0.1) is 5.92 Å². The number of nitrogens with zero attached hydrogens (tertiary/aromatic N) is 1. The second kappa shape index (κ2) is 3.90. The van der Waals surface area contributed by atoms with Crippen molar-refractivity contribution in [2.75, 3.05) is 17.6 Å². The van der Waals surface area contributed by atoms with Gasteiger partial charge < -0.3 is 21.8 Å². The van der Waals surface area contributed by atoms with E-state index in [2.05, 4.69) is 15.3 Å². The number of anilines is 2. The topological polar surface area (TPSA) is 110 Å². The Balaban J connectivity index is 2.15. The van der Waals surface area contributed by atoms with Gasteiger partial charge >= 0.3 is 0 Å². The van der Waals surface area contributed by atoms with Gasteiger partial charge in [0.05, 0.1) is 6.33 Å². The maximum atomic E-state index is 11.2. The van der Waals surface area contributed by atoms with Crippen LogP contribution in [0.4, 0.5) is 11.5 Å². The first kappa shape index (κ1) is 9.97. The Hall–Kier alpha value is -1.56. The molecule has 1 fully saturated rings. The normalized spacial score (nSPS) is 17.4. The Morgan fingerprint density at radius 3 is 3.00 bits per heavy atom. The van der Waals surface area contributed by atoms with E-state index < -0.39 is 0 Å². The minimum absolute atomic E-state index is 0.122. The molecule has 0 aliphatic heterocycles. The first-order valence-electron chi connectivity index (χ1n) is 5.02. The van der Waals surface area contributed by atoms with Crippen LogP contribution in [0.3, 0.4) is 0 Å². The maximum absolute atomic E-state index is 11.2. The Kier molecular flexibility index (Phi) is 2.59. The third kappa shape index (κ3) is 2.10. The highest BCUT2D eigenvalue weighted by atomic mass is 16.1. The van der Waals surface area contributed by atoms with Crippen LogP contribution in [-0.2, 0) is 0 Å². The van der Waals surface area contributed by atoms with E-state index in [0.717, 1.165) is 0 Å². The van der Waals surface area contributed by atoms with E-state index in [9.17, 15) is 4.79 Å². The molecule has 82 valence electrons. The van der Waals surface area contributed by atoms with Crippen molar-refractivity contribution in [3.63, 3.8) is 0 Å². The van der Waals surface area contributed by atoms with Gasteiger partial charge in [-0.1, -0.05) is 0 Å². The van der Waals surface area contributed by atoms with E-state index >= 15 is 0 Å². The molecule has 1 atom stereocenters. The van der Waals surface area contributed by atoms with Crippen LogP contribution < -0.4 is 22.3 Å². The summed E-state index contributed by atoms with van der Waals surface area (Å²) in [6.07, 6.45) is 3.69. The number of nitrogen functional groups attached to an aromatic ring is 1. The molecule has 1 heterocycles. The van der Waals surface area contributed by atoms with Crippen LogP contribution in [-0.4, -0.2) is 22.6 Å². The molecule has 1 aliphatic carbocycles. The molecular weight excluding hydrogens is 194 g/mol. The summed E-state index contributed by atoms with van der Waals surface area (Å²) >= 11 is 0. The van der Waals surface area contributed by atoms with Crippen molar-refractivity contribution in [2.24, 2.45) is 11.7 Å². The third-order valence-corrected chi connectivity index (χ3v) is 2.66. The van der Waals surface area contributed by atoms with Gasteiger partial charge in [-0.15, -0.1) is 0 Å². The molecule has 0 bridgehead atoms. The molecule has 0 aromatic carbocycles. The van der Waals surface area contributed by atoms with E-state index in [0.29, 0.717) is 18.3 Å². The summed E-state index contributed by atoms with van der Waals surface area (Å²) in [6.45, 7) is 0.526. The van der Waals surface area contributed by atoms with Crippen LogP contribution >= 0.6 is 0 Å². The van der Waals surface area contributed by atoms with Crippen LogP contribution in [0.25, 0.3) is 0 Å². The van der Waals surface area contributed by atoms with Crippen molar-refractivity contribution in [1.82, 2.24) is 9.97 Å². The Labute approximate surface area is 87.1 Å². The van der Waals surface area contributed by atoms with Crippen molar-refractivity contribution in [3.05, 3.63) is 16.7 Å². The van der Waals surface area contributed by atoms with Crippen molar-refractivity contribution in [1.29, 1.82) is 0 Å². The lowest BCUT2D eigenvalue weighted by molar-refractivity contribution is 0.642. The van der Waals surface area contributed by atoms with E-state index in [4.69, 9.17) is 11.5 Å². The second-order valence-electron chi connectivity index (χ2n) is 3.82. The zero-order valence-electron chi connectivity index (χ0n) is 8.36. The first-order valence-corrected chi connectivity index (χ1v) is 5.02. The molecule has 6 N–H and O–H groups in total. The number of nitrogens with one attached hydrogen (secondary N) is 2. The number of hydrogen-bond donors (Lipinski definition) is 4. The lowest BCUT2D eigenvalue weighted by Crippen LogP contribution is -2.32. The molecule has 1 aromatic rings. The minimum atomic E-state index is -0.320. The summed E-state index contributed by atoms with van der Waals surface area (Å²) in [4.78, 5) is 17.6. The SMILES string of the molecule is NCC(Nc1nc[nH]c(=O)c1N)C1CC1. The van der Waals surface area contributed by atoms with E-state index in [-0.39, 0.29) is 17.3 Å². The smallest absolute Gasteiger partial charge is 0.276 e. The number of aromatic nitrogens is 2. The molecule has 1 aromatic heterocycles. The van der Waals surface area contributed by atoms with Crippen LogP contribution in [0.2, 0.25) is 0 Å². The summed E-state index contributed by atoms with van der Waals surface area (Å²) < 4.78 is 0. The van der Waals surface area contributed by atoms with Crippen LogP contribution in [0.5, 0.6) is 0 Å². The van der Waals surface area contributed by atoms with Gasteiger partial charge in [-0.3, -0.25) is 4.79 Å². The van der Waals surface area contributed by atoms with Crippen molar-refractivity contribution < 1.29 is 0 Å².